The molecular formula is C48H38ClN5O7S. The summed E-state index contributed by atoms with van der Waals surface area (Å²) in [5.41, 5.74) is 4.18. The number of aromatic nitrogens is 3. The summed E-state index contributed by atoms with van der Waals surface area (Å²) >= 11 is 7.90. The van der Waals surface area contributed by atoms with E-state index in [2.05, 4.69) is 4.98 Å². The fraction of sp³-hybridized carbons (Fsp3) is 0.250. The molecule has 1 saturated carbocycles. The van der Waals surface area contributed by atoms with Crippen LogP contribution in [0, 0.1) is 36.0 Å². The third kappa shape index (κ3) is 5.37. The van der Waals surface area contributed by atoms with Gasteiger partial charge < -0.3 is 14.3 Å². The summed E-state index contributed by atoms with van der Waals surface area (Å²) in [4.78, 5) is 67.4. The average molecular weight is 864 g/mol. The number of aromatic hydroxyl groups is 1. The SMILES string of the molecule is COc1ccc([C@H]2C3=CC[C@@H]4C(=O)N(c5ccc(-c6nc7ccccc7o6)cc5)C(=O)[C@@H]4[C@@H]3C[C@H]3C(=O)N(c4cc(-c5sc6ccc(Cl)cc6c5C)nn4C)C(=O)[C@@]23C)cc1O. The molecule has 12 nitrogen and oxygen atoms in total. The van der Waals surface area contributed by atoms with E-state index in [0.717, 1.165) is 31.6 Å². The molecule has 4 amide bonds. The van der Waals surface area contributed by atoms with Crippen molar-refractivity contribution in [2.75, 3.05) is 16.9 Å². The van der Waals surface area contributed by atoms with Crippen LogP contribution in [0.5, 0.6) is 11.5 Å². The van der Waals surface area contributed by atoms with E-state index in [1.807, 2.05) is 62.4 Å². The second-order valence-corrected chi connectivity index (χ2v) is 18.3. The normalized spacial score (nSPS) is 24.5. The van der Waals surface area contributed by atoms with Gasteiger partial charge in [-0.2, -0.15) is 5.10 Å². The third-order valence-corrected chi connectivity index (χ3v) is 15.2. The largest absolute Gasteiger partial charge is 0.504 e. The van der Waals surface area contributed by atoms with Crippen molar-refractivity contribution in [2.24, 2.45) is 36.1 Å². The van der Waals surface area contributed by atoms with Crippen LogP contribution in [-0.4, -0.2) is 50.6 Å². The van der Waals surface area contributed by atoms with Gasteiger partial charge in [-0.05, 0) is 116 Å². The fourth-order valence-electron chi connectivity index (χ4n) is 10.7. The first-order chi connectivity index (χ1) is 29.9. The Bertz CT molecular complexity index is 3100. The van der Waals surface area contributed by atoms with E-state index >= 15 is 9.59 Å². The standard InChI is InChI=1S/C48H38ClN5O7S/c1-23-30-20-26(49)12-18-38(30)62-42(23)34-22-39(52(3)51-34)54-45(57)32-21-31-28(41(48(32,2)47(54)59)25-11-17-37(60-4)35(55)19-25)15-16-29-40(31)46(58)53(44(29)56)27-13-9-24(10-14-27)43-50-33-7-5-6-8-36(33)61-43/h5-15,17-20,22,29,31-32,40-41,55H,16,21H2,1-4H3/t29-,31+,32-,40-,41-,48+/m0/s1. The molecule has 2 aliphatic heterocycles. The number of allylic oxidation sites excluding steroid dienone is 2. The number of nitrogens with zero attached hydrogens (tertiary/aromatic N) is 5. The lowest BCUT2D eigenvalue weighted by Crippen LogP contribution is -2.48. The molecule has 2 saturated heterocycles. The molecule has 2 aliphatic carbocycles. The smallest absolute Gasteiger partial charge is 0.242 e. The molecule has 11 rings (SSSR count). The molecule has 6 atom stereocenters. The molecule has 3 fully saturated rings. The lowest BCUT2D eigenvalue weighted by atomic mass is 9.51. The molecule has 62 heavy (non-hydrogen) atoms. The number of carbonyl (C=O) groups is 4. The highest BCUT2D eigenvalue weighted by Gasteiger charge is 2.68. The van der Waals surface area contributed by atoms with Crippen molar-refractivity contribution in [1.29, 1.82) is 0 Å². The van der Waals surface area contributed by atoms with Gasteiger partial charge in [-0.3, -0.25) is 28.8 Å². The van der Waals surface area contributed by atoms with Crippen molar-refractivity contribution >= 4 is 79.3 Å². The number of aryl methyl sites for hydroxylation is 2. The Morgan fingerprint density at radius 3 is 2.47 bits per heavy atom. The summed E-state index contributed by atoms with van der Waals surface area (Å²) in [7, 11) is 3.17. The van der Waals surface area contributed by atoms with Gasteiger partial charge in [0.15, 0.2) is 17.1 Å². The molecular weight excluding hydrogens is 826 g/mol. The summed E-state index contributed by atoms with van der Waals surface area (Å²) in [5, 5.41) is 17.6. The van der Waals surface area contributed by atoms with Gasteiger partial charge in [0.25, 0.3) is 0 Å². The number of methoxy groups -OCH3 is 1. The molecule has 0 bridgehead atoms. The monoisotopic (exact) mass is 863 g/mol. The maximum atomic E-state index is 15.2. The minimum Gasteiger partial charge on any atom is -0.504 e. The number of benzene rings is 4. The van der Waals surface area contributed by atoms with Crippen LogP contribution in [0.4, 0.5) is 11.5 Å². The van der Waals surface area contributed by atoms with Gasteiger partial charge in [-0.25, -0.2) is 9.88 Å². The number of hydrogen-bond donors (Lipinski definition) is 1. The van der Waals surface area contributed by atoms with Crippen LogP contribution in [0.3, 0.4) is 0 Å². The first-order valence-corrected chi connectivity index (χ1v) is 21.6. The molecule has 0 radical (unpaired) electrons. The maximum Gasteiger partial charge on any atom is 0.242 e. The topological polar surface area (TPSA) is 148 Å². The van der Waals surface area contributed by atoms with Gasteiger partial charge in [-0.15, -0.1) is 11.3 Å². The number of imide groups is 2. The molecule has 7 aromatic rings. The molecule has 3 aromatic heterocycles. The van der Waals surface area contributed by atoms with Gasteiger partial charge in [0, 0.05) is 34.3 Å². The van der Waals surface area contributed by atoms with Gasteiger partial charge in [0.2, 0.25) is 29.5 Å². The number of phenols is 1. The Labute approximate surface area is 364 Å². The molecule has 0 spiro atoms. The Balaban J connectivity index is 0.971. The number of ether oxygens (including phenoxy) is 1. The number of fused-ring (bicyclic) bond motifs is 6. The van der Waals surface area contributed by atoms with E-state index in [0.29, 0.717) is 44.8 Å². The van der Waals surface area contributed by atoms with Crippen LogP contribution in [0.15, 0.2) is 107 Å². The van der Waals surface area contributed by atoms with Crippen molar-refractivity contribution in [2.45, 2.75) is 32.6 Å². The number of hydrogen-bond acceptors (Lipinski definition) is 10. The number of carbonyl (C=O) groups excluding carboxylic acids is 4. The predicted octanol–water partition coefficient (Wildman–Crippen LogP) is 9.22. The van der Waals surface area contributed by atoms with Crippen LogP contribution in [-0.2, 0) is 26.2 Å². The van der Waals surface area contributed by atoms with Crippen molar-refractivity contribution in [1.82, 2.24) is 14.8 Å². The average Bonchev–Trinajstić information content (AvgIpc) is 4.05. The minimum absolute atomic E-state index is 0.119. The van der Waals surface area contributed by atoms with Crippen molar-refractivity contribution in [3.05, 3.63) is 119 Å². The number of phenolic OH excluding ortho intramolecular Hbond substituents is 1. The Kier molecular flexibility index (Phi) is 8.49. The number of anilines is 2. The van der Waals surface area contributed by atoms with Crippen molar-refractivity contribution < 1.29 is 33.4 Å². The lowest BCUT2D eigenvalue weighted by Gasteiger charge is -2.49. The first-order valence-electron chi connectivity index (χ1n) is 20.4. The molecule has 4 aromatic carbocycles. The zero-order valence-corrected chi connectivity index (χ0v) is 35.5. The van der Waals surface area contributed by atoms with Crippen LogP contribution >= 0.6 is 22.9 Å². The number of rotatable bonds is 6. The zero-order valence-electron chi connectivity index (χ0n) is 34.0. The van der Waals surface area contributed by atoms with Crippen molar-refractivity contribution in [3.63, 3.8) is 0 Å². The highest BCUT2D eigenvalue weighted by molar-refractivity contribution is 7.22. The van der Waals surface area contributed by atoms with E-state index in [4.69, 9.17) is 25.9 Å². The highest BCUT2D eigenvalue weighted by atomic mass is 35.5. The fourth-order valence-corrected chi connectivity index (χ4v) is 12.0. The summed E-state index contributed by atoms with van der Waals surface area (Å²) < 4.78 is 13.9. The molecule has 310 valence electrons. The van der Waals surface area contributed by atoms with E-state index < -0.39 is 46.8 Å². The van der Waals surface area contributed by atoms with E-state index in [9.17, 15) is 14.7 Å². The number of oxazole rings is 1. The van der Waals surface area contributed by atoms with Crippen molar-refractivity contribution in [3.8, 4) is 33.5 Å². The summed E-state index contributed by atoms with van der Waals surface area (Å²) in [6.07, 6.45) is 2.44. The summed E-state index contributed by atoms with van der Waals surface area (Å²) in [6, 6.07) is 27.0. The minimum atomic E-state index is -1.33. The molecule has 0 unspecified atom stereocenters. The Morgan fingerprint density at radius 1 is 0.919 bits per heavy atom. The lowest BCUT2D eigenvalue weighted by molar-refractivity contribution is -0.131. The second-order valence-electron chi connectivity index (χ2n) is 16.8. The predicted molar refractivity (Wildman–Crippen MR) is 235 cm³/mol. The molecule has 4 aliphatic rings. The molecule has 1 N–H and O–H groups in total. The van der Waals surface area contributed by atoms with Crippen LogP contribution < -0.4 is 14.5 Å². The Hall–Kier alpha value is -6.57. The number of halogens is 1. The number of amides is 4. The van der Waals surface area contributed by atoms with Crippen LogP contribution in [0.2, 0.25) is 5.02 Å². The van der Waals surface area contributed by atoms with Gasteiger partial charge in [0.05, 0.1) is 40.8 Å². The number of thiophene rings is 1. The third-order valence-electron chi connectivity index (χ3n) is 13.7. The van der Waals surface area contributed by atoms with E-state index in [1.165, 1.54) is 16.9 Å². The van der Waals surface area contributed by atoms with Crippen LogP contribution in [0.25, 0.3) is 43.2 Å². The molecule has 5 heterocycles. The van der Waals surface area contributed by atoms with E-state index in [-0.39, 0.29) is 36.2 Å². The maximum absolute atomic E-state index is 15.2. The quantitative estimate of drug-likeness (QED) is 0.128. The second kappa shape index (κ2) is 13.7. The highest BCUT2D eigenvalue weighted by Crippen LogP contribution is 2.64. The van der Waals surface area contributed by atoms with E-state index in [1.54, 1.807) is 71.6 Å². The summed E-state index contributed by atoms with van der Waals surface area (Å²) in [5.74, 6) is -4.16. The van der Waals surface area contributed by atoms with Gasteiger partial charge >= 0.3 is 0 Å². The van der Waals surface area contributed by atoms with Gasteiger partial charge in [0.1, 0.15) is 17.0 Å². The zero-order chi connectivity index (χ0) is 42.9. The Morgan fingerprint density at radius 2 is 1.71 bits per heavy atom. The number of para-hydroxylation sites is 2. The first kappa shape index (κ1) is 38.4. The molecule has 14 heteroatoms. The van der Waals surface area contributed by atoms with Gasteiger partial charge in [-0.1, -0.05) is 41.4 Å². The summed E-state index contributed by atoms with van der Waals surface area (Å²) in [6.45, 7) is 3.82. The van der Waals surface area contributed by atoms with Crippen LogP contribution in [0.1, 0.15) is 36.8 Å².